The smallest absolute Gasteiger partial charge is 0.152 e. The molecule has 0 bridgehead atoms. The fraction of sp³-hybridized carbons (Fsp3) is 0.480. The summed E-state index contributed by atoms with van der Waals surface area (Å²) in [5.41, 5.74) is 4.97. The first-order chi connectivity index (χ1) is 14.8. The van der Waals surface area contributed by atoms with Crippen LogP contribution in [-0.2, 0) is 6.42 Å². The van der Waals surface area contributed by atoms with Gasteiger partial charge in [0.05, 0.1) is 0 Å². The van der Waals surface area contributed by atoms with E-state index in [0.29, 0.717) is 5.75 Å². The van der Waals surface area contributed by atoms with Crippen molar-refractivity contribution in [2.75, 3.05) is 31.1 Å². The second-order valence-corrected chi connectivity index (χ2v) is 9.15. The molecule has 0 aliphatic carbocycles. The molecule has 2 aliphatic heterocycles. The van der Waals surface area contributed by atoms with E-state index in [4.69, 9.17) is 17.0 Å². The molecule has 2 unspecified atom stereocenters. The number of ether oxygens (including phenoxy) is 1. The van der Waals surface area contributed by atoms with E-state index in [-0.39, 0.29) is 17.8 Å². The Labute approximate surface area is 189 Å². The number of hydrogen-bond acceptors (Lipinski definition) is 4. The van der Waals surface area contributed by atoms with Crippen molar-refractivity contribution in [1.29, 1.82) is 0 Å². The molecule has 1 N–H and O–H groups in total. The zero-order valence-corrected chi connectivity index (χ0v) is 19.6. The Bertz CT molecular complexity index is 984. The summed E-state index contributed by atoms with van der Waals surface area (Å²) in [4.78, 5) is 5.41. The summed E-state index contributed by atoms with van der Waals surface area (Å²) >= 11 is 5.96. The number of nitrogens with zero attached hydrogens (tertiary/aromatic N) is 2. The van der Waals surface area contributed by atoms with Crippen LogP contribution in [0.5, 0.6) is 11.5 Å². The number of aromatic hydroxyl groups is 1. The van der Waals surface area contributed by atoms with Gasteiger partial charge in [0.15, 0.2) is 6.10 Å². The van der Waals surface area contributed by atoms with E-state index in [0.717, 1.165) is 77.7 Å². The van der Waals surface area contributed by atoms with E-state index < -0.39 is 0 Å². The lowest BCUT2D eigenvalue weighted by atomic mass is 9.84. The van der Waals surface area contributed by atoms with Gasteiger partial charge in [-0.1, -0.05) is 19.1 Å². The molecule has 6 heteroatoms. The summed E-state index contributed by atoms with van der Waals surface area (Å²) < 4.78 is 19.8. The van der Waals surface area contributed by atoms with E-state index in [2.05, 4.69) is 16.7 Å². The third kappa shape index (κ3) is 3.98. The van der Waals surface area contributed by atoms with Crippen molar-refractivity contribution in [3.8, 4) is 11.5 Å². The second kappa shape index (κ2) is 8.65. The van der Waals surface area contributed by atoms with Gasteiger partial charge in [0.2, 0.25) is 0 Å². The number of phenols is 1. The third-order valence-corrected chi connectivity index (χ3v) is 7.52. The molecule has 0 saturated carbocycles. The quantitative estimate of drug-likeness (QED) is 0.682. The first kappa shape index (κ1) is 21.9. The van der Waals surface area contributed by atoms with Crippen LogP contribution in [0.15, 0.2) is 24.3 Å². The van der Waals surface area contributed by atoms with Gasteiger partial charge >= 0.3 is 0 Å². The van der Waals surface area contributed by atoms with Crippen LogP contribution >= 0.6 is 12.2 Å². The molecule has 0 aromatic heterocycles. The monoisotopic (exact) mass is 442 g/mol. The van der Waals surface area contributed by atoms with Crippen LogP contribution < -0.4 is 9.64 Å². The first-order valence-electron chi connectivity index (χ1n) is 11.1. The van der Waals surface area contributed by atoms with Crippen LogP contribution in [0, 0.1) is 32.5 Å². The number of halogens is 1. The molecule has 166 valence electrons. The minimum absolute atomic E-state index is 0.132. The van der Waals surface area contributed by atoms with Crippen molar-refractivity contribution in [2.45, 2.75) is 46.6 Å². The number of rotatable bonds is 3. The standard InChI is InChI=1S/C25H31FN2O2S/c1-5-18-14-21-17(4)22(29)15(2)16(3)23(21)30-24(18)25(31)28-12-10-27(11-13-28)20-8-6-19(26)7-9-20/h6-9,18,24,29H,5,10-14H2,1-4H3. The van der Waals surface area contributed by atoms with Crippen molar-refractivity contribution in [2.24, 2.45) is 5.92 Å². The fourth-order valence-electron chi connectivity index (χ4n) is 4.79. The van der Waals surface area contributed by atoms with Crippen LogP contribution in [-0.4, -0.2) is 47.3 Å². The summed E-state index contributed by atoms with van der Waals surface area (Å²) in [5, 5.41) is 10.5. The van der Waals surface area contributed by atoms with Gasteiger partial charge in [-0.3, -0.25) is 0 Å². The number of fused-ring (bicyclic) bond motifs is 1. The molecule has 0 radical (unpaired) electrons. The normalized spacial score (nSPS) is 20.9. The highest BCUT2D eigenvalue weighted by Crippen LogP contribution is 2.43. The molecule has 1 fully saturated rings. The number of hydrogen-bond donors (Lipinski definition) is 1. The van der Waals surface area contributed by atoms with Crippen molar-refractivity contribution < 1.29 is 14.2 Å². The van der Waals surface area contributed by atoms with E-state index in [1.54, 1.807) is 0 Å². The summed E-state index contributed by atoms with van der Waals surface area (Å²) in [6.07, 6.45) is 1.70. The zero-order valence-electron chi connectivity index (χ0n) is 18.7. The molecular weight excluding hydrogens is 411 g/mol. The maximum Gasteiger partial charge on any atom is 0.152 e. The van der Waals surface area contributed by atoms with E-state index in [1.165, 1.54) is 12.1 Å². The summed E-state index contributed by atoms with van der Waals surface area (Å²) in [6.45, 7) is 11.4. The molecule has 2 aromatic rings. The van der Waals surface area contributed by atoms with E-state index >= 15 is 0 Å². The van der Waals surface area contributed by atoms with Crippen LogP contribution in [0.25, 0.3) is 0 Å². The number of thiocarbonyl (C=S) groups is 1. The topological polar surface area (TPSA) is 35.9 Å². The Balaban J connectivity index is 1.51. The maximum absolute atomic E-state index is 13.2. The number of piperazine rings is 1. The average molecular weight is 443 g/mol. The summed E-state index contributed by atoms with van der Waals surface area (Å²) in [7, 11) is 0. The Morgan fingerprint density at radius 1 is 1.06 bits per heavy atom. The molecule has 2 atom stereocenters. The minimum atomic E-state index is -0.210. The van der Waals surface area contributed by atoms with Gasteiger partial charge in [0.1, 0.15) is 22.3 Å². The van der Waals surface area contributed by atoms with Gasteiger partial charge in [-0.15, -0.1) is 0 Å². The van der Waals surface area contributed by atoms with E-state index in [9.17, 15) is 9.50 Å². The highest BCUT2D eigenvalue weighted by Gasteiger charge is 2.37. The van der Waals surface area contributed by atoms with Gasteiger partial charge in [0.25, 0.3) is 0 Å². The molecule has 0 amide bonds. The molecule has 1 saturated heterocycles. The number of benzene rings is 2. The Hall–Kier alpha value is -2.34. The Morgan fingerprint density at radius 3 is 2.32 bits per heavy atom. The molecule has 2 aliphatic rings. The maximum atomic E-state index is 13.2. The lowest BCUT2D eigenvalue weighted by Gasteiger charge is -2.42. The second-order valence-electron chi connectivity index (χ2n) is 8.73. The largest absolute Gasteiger partial charge is 0.507 e. The lowest BCUT2D eigenvalue weighted by Crippen LogP contribution is -2.54. The van der Waals surface area contributed by atoms with Gasteiger partial charge in [-0.05, 0) is 74.6 Å². The third-order valence-electron chi connectivity index (χ3n) is 7.03. The minimum Gasteiger partial charge on any atom is -0.507 e. The Morgan fingerprint density at radius 2 is 1.71 bits per heavy atom. The van der Waals surface area contributed by atoms with Gasteiger partial charge in [0, 0.05) is 43.3 Å². The van der Waals surface area contributed by atoms with Gasteiger partial charge < -0.3 is 19.6 Å². The van der Waals surface area contributed by atoms with Crippen molar-refractivity contribution in [3.05, 3.63) is 52.3 Å². The average Bonchev–Trinajstić information content (AvgIpc) is 2.80. The zero-order chi connectivity index (χ0) is 22.3. The van der Waals surface area contributed by atoms with Gasteiger partial charge in [-0.25, -0.2) is 4.39 Å². The SMILES string of the molecule is CCC1Cc2c(C)c(O)c(C)c(C)c2OC1C(=S)N1CCN(c2ccc(F)cc2)CC1. The first-order valence-corrected chi connectivity index (χ1v) is 11.5. The molecule has 4 rings (SSSR count). The highest BCUT2D eigenvalue weighted by atomic mass is 32.1. The Kier molecular flexibility index (Phi) is 6.11. The molecule has 4 nitrogen and oxygen atoms in total. The van der Waals surface area contributed by atoms with Crippen LogP contribution in [0.4, 0.5) is 10.1 Å². The summed E-state index contributed by atoms with van der Waals surface area (Å²) in [6, 6.07) is 6.69. The lowest BCUT2D eigenvalue weighted by molar-refractivity contribution is 0.152. The van der Waals surface area contributed by atoms with Crippen molar-refractivity contribution >= 4 is 22.9 Å². The molecule has 2 aromatic carbocycles. The van der Waals surface area contributed by atoms with Gasteiger partial charge in [-0.2, -0.15) is 0 Å². The predicted molar refractivity (Wildman–Crippen MR) is 127 cm³/mol. The highest BCUT2D eigenvalue weighted by molar-refractivity contribution is 7.80. The molecule has 31 heavy (non-hydrogen) atoms. The number of phenolic OH excluding ortho intramolecular Hbond substituents is 1. The van der Waals surface area contributed by atoms with Crippen LogP contribution in [0.3, 0.4) is 0 Å². The van der Waals surface area contributed by atoms with Crippen LogP contribution in [0.1, 0.15) is 35.6 Å². The molecular formula is C25H31FN2O2S. The van der Waals surface area contributed by atoms with E-state index in [1.807, 2.05) is 32.9 Å². The van der Waals surface area contributed by atoms with Crippen molar-refractivity contribution in [1.82, 2.24) is 4.90 Å². The fourth-order valence-corrected chi connectivity index (χ4v) is 5.22. The van der Waals surface area contributed by atoms with Crippen LogP contribution in [0.2, 0.25) is 0 Å². The number of anilines is 1. The molecule has 0 spiro atoms. The summed E-state index contributed by atoms with van der Waals surface area (Å²) in [5.74, 6) is 1.36. The molecule has 2 heterocycles. The predicted octanol–water partition coefficient (Wildman–Crippen LogP) is 4.94. The van der Waals surface area contributed by atoms with Crippen molar-refractivity contribution in [3.63, 3.8) is 0 Å².